The van der Waals surface area contributed by atoms with Gasteiger partial charge in [0, 0.05) is 22.8 Å². The molecule has 0 radical (unpaired) electrons. The van der Waals surface area contributed by atoms with Gasteiger partial charge >= 0.3 is 0 Å². The third-order valence-corrected chi connectivity index (χ3v) is 6.08. The quantitative estimate of drug-likeness (QED) is 0.777. The van der Waals surface area contributed by atoms with Gasteiger partial charge in [-0.3, -0.25) is 0 Å². The Morgan fingerprint density at radius 3 is 2.71 bits per heavy atom. The summed E-state index contributed by atoms with van der Waals surface area (Å²) in [6, 6.07) is 14.9. The molecule has 0 saturated heterocycles. The summed E-state index contributed by atoms with van der Waals surface area (Å²) in [6.45, 7) is 2.54. The number of anilines is 1. The maximum Gasteiger partial charge on any atom is 0.285 e. The van der Waals surface area contributed by atoms with Crippen LogP contribution in [0.5, 0.6) is 0 Å². The lowest BCUT2D eigenvalue weighted by molar-refractivity contribution is 0.608. The maximum absolute atomic E-state index is 12.6. The van der Waals surface area contributed by atoms with Gasteiger partial charge in [0.1, 0.15) is 4.91 Å². The van der Waals surface area contributed by atoms with Crippen LogP contribution in [0, 0.1) is 0 Å². The number of amidine groups is 1. The van der Waals surface area contributed by atoms with Crippen LogP contribution in [0.4, 0.5) is 5.69 Å². The van der Waals surface area contributed by atoms with Gasteiger partial charge < -0.3 is 4.90 Å². The minimum absolute atomic E-state index is 0.240. The van der Waals surface area contributed by atoms with E-state index >= 15 is 0 Å². The van der Waals surface area contributed by atoms with E-state index in [1.54, 1.807) is 31.2 Å². The first-order valence-corrected chi connectivity index (χ1v) is 9.47. The average molecular weight is 359 g/mol. The molecule has 6 heteroatoms. The second-order valence-corrected chi connectivity index (χ2v) is 7.86. The Morgan fingerprint density at radius 2 is 1.92 bits per heavy atom. The summed E-state index contributed by atoms with van der Waals surface area (Å²) in [5.41, 5.74) is 3.47. The number of rotatable bonds is 1. The van der Waals surface area contributed by atoms with Crippen LogP contribution in [-0.2, 0) is 16.4 Å². The molecular formula is C18H15ClN2O2S. The highest BCUT2D eigenvalue weighted by Crippen LogP contribution is 2.37. The number of para-hydroxylation sites is 1. The van der Waals surface area contributed by atoms with Gasteiger partial charge in [-0.1, -0.05) is 41.9 Å². The van der Waals surface area contributed by atoms with E-state index in [0.29, 0.717) is 22.0 Å². The van der Waals surface area contributed by atoms with Crippen molar-refractivity contribution in [3.05, 3.63) is 70.3 Å². The zero-order valence-corrected chi connectivity index (χ0v) is 14.6. The van der Waals surface area contributed by atoms with Crippen LogP contribution in [0.25, 0.3) is 4.91 Å². The first-order valence-electron chi connectivity index (χ1n) is 7.65. The summed E-state index contributed by atoms with van der Waals surface area (Å²) in [5.74, 6) is 0.509. The third kappa shape index (κ3) is 2.36. The number of hydrogen-bond donors (Lipinski definition) is 0. The molecule has 0 spiro atoms. The van der Waals surface area contributed by atoms with Gasteiger partial charge in [0.2, 0.25) is 0 Å². The largest absolute Gasteiger partial charge is 0.325 e. The zero-order valence-electron chi connectivity index (χ0n) is 13.0. The van der Waals surface area contributed by atoms with E-state index in [9.17, 15) is 8.42 Å². The third-order valence-electron chi connectivity index (χ3n) is 4.37. The van der Waals surface area contributed by atoms with Crippen LogP contribution >= 0.6 is 11.6 Å². The van der Waals surface area contributed by atoms with Crippen molar-refractivity contribution in [1.29, 1.82) is 0 Å². The highest BCUT2D eigenvalue weighted by atomic mass is 35.5. The number of hydrogen-bond acceptors (Lipinski definition) is 3. The predicted molar refractivity (Wildman–Crippen MR) is 97.9 cm³/mol. The van der Waals surface area contributed by atoms with Crippen molar-refractivity contribution in [3.8, 4) is 0 Å². The molecular weight excluding hydrogens is 344 g/mol. The Bertz CT molecular complexity index is 1010. The molecule has 0 aliphatic carbocycles. The summed E-state index contributed by atoms with van der Waals surface area (Å²) >= 11 is 6.03. The second kappa shape index (κ2) is 5.46. The molecule has 4 rings (SSSR count). The summed E-state index contributed by atoms with van der Waals surface area (Å²) < 4.78 is 29.4. The predicted octanol–water partition coefficient (Wildman–Crippen LogP) is 3.88. The molecule has 4 nitrogen and oxygen atoms in total. The van der Waals surface area contributed by atoms with Crippen LogP contribution in [0.1, 0.15) is 18.1 Å². The molecule has 2 aromatic rings. The fourth-order valence-electron chi connectivity index (χ4n) is 3.33. The number of fused-ring (bicyclic) bond motifs is 1. The fourth-order valence-corrected chi connectivity index (χ4v) is 4.98. The van der Waals surface area contributed by atoms with Crippen molar-refractivity contribution < 1.29 is 8.42 Å². The average Bonchev–Trinajstić information content (AvgIpc) is 3.05. The Kier molecular flexibility index (Phi) is 3.51. The summed E-state index contributed by atoms with van der Waals surface area (Å²) in [7, 11) is -3.73. The number of sulfonamides is 1. The highest BCUT2D eigenvalue weighted by molar-refractivity contribution is 8.00. The van der Waals surface area contributed by atoms with Crippen LogP contribution < -0.4 is 4.90 Å². The topological polar surface area (TPSA) is 49.7 Å². The van der Waals surface area contributed by atoms with E-state index in [4.69, 9.17) is 11.6 Å². The van der Waals surface area contributed by atoms with E-state index in [1.165, 1.54) is 5.56 Å². The van der Waals surface area contributed by atoms with E-state index in [0.717, 1.165) is 18.7 Å². The Morgan fingerprint density at radius 1 is 1.12 bits per heavy atom. The SMILES string of the molecule is CC1=C(c2cccc(Cl)c2)S(=O)(=O)N=C1N1CCc2ccccc21. The minimum atomic E-state index is -3.73. The Hall–Kier alpha value is -2.11. The van der Waals surface area contributed by atoms with Crippen molar-refractivity contribution in [2.75, 3.05) is 11.4 Å². The molecule has 0 fully saturated rings. The van der Waals surface area contributed by atoms with Gasteiger partial charge in [-0.2, -0.15) is 8.42 Å². The molecule has 2 aromatic carbocycles. The van der Waals surface area contributed by atoms with Crippen LogP contribution in [0.15, 0.2) is 58.5 Å². The summed E-state index contributed by atoms with van der Waals surface area (Å²) in [6.07, 6.45) is 0.884. The van der Waals surface area contributed by atoms with Gasteiger partial charge in [0.25, 0.3) is 10.0 Å². The molecule has 0 atom stereocenters. The van der Waals surface area contributed by atoms with Gasteiger partial charge in [0.05, 0.1) is 0 Å². The summed E-state index contributed by atoms with van der Waals surface area (Å²) in [4.78, 5) is 2.23. The number of nitrogens with zero attached hydrogens (tertiary/aromatic N) is 2. The van der Waals surface area contributed by atoms with Crippen molar-refractivity contribution in [1.82, 2.24) is 0 Å². The smallest absolute Gasteiger partial charge is 0.285 e. The summed E-state index contributed by atoms with van der Waals surface area (Å²) in [5, 5.41) is 0.503. The molecule has 0 unspecified atom stereocenters. The lowest BCUT2D eigenvalue weighted by Gasteiger charge is -2.19. The standard InChI is InChI=1S/C18H15ClN2O2S/c1-12-17(14-6-4-7-15(19)11-14)24(22,23)20-18(12)21-10-9-13-5-2-3-8-16(13)21/h2-8,11H,9-10H2,1H3. The fraction of sp³-hybridized carbons (Fsp3) is 0.167. The van der Waals surface area contributed by atoms with E-state index < -0.39 is 10.0 Å². The zero-order chi connectivity index (χ0) is 16.9. The first-order chi connectivity index (χ1) is 11.5. The van der Waals surface area contributed by atoms with Crippen molar-refractivity contribution in [2.24, 2.45) is 4.40 Å². The first kappa shape index (κ1) is 15.4. The van der Waals surface area contributed by atoms with Crippen LogP contribution in [0.3, 0.4) is 0 Å². The molecule has 122 valence electrons. The van der Waals surface area contributed by atoms with E-state index in [-0.39, 0.29) is 4.91 Å². The van der Waals surface area contributed by atoms with Crippen molar-refractivity contribution >= 4 is 38.1 Å². The maximum atomic E-state index is 12.6. The minimum Gasteiger partial charge on any atom is -0.325 e. The highest BCUT2D eigenvalue weighted by Gasteiger charge is 2.35. The van der Waals surface area contributed by atoms with Gasteiger partial charge in [-0.25, -0.2) is 0 Å². The Balaban J connectivity index is 1.85. The number of halogens is 1. The van der Waals surface area contributed by atoms with E-state index in [1.807, 2.05) is 23.1 Å². The van der Waals surface area contributed by atoms with Gasteiger partial charge in [-0.05, 0) is 42.7 Å². The van der Waals surface area contributed by atoms with Crippen LogP contribution in [-0.4, -0.2) is 20.8 Å². The molecule has 0 N–H and O–H groups in total. The number of benzene rings is 2. The lowest BCUT2D eigenvalue weighted by Crippen LogP contribution is -2.28. The second-order valence-electron chi connectivity index (χ2n) is 5.88. The molecule has 2 aliphatic heterocycles. The molecule has 0 saturated carbocycles. The van der Waals surface area contributed by atoms with E-state index in [2.05, 4.69) is 10.5 Å². The molecule has 24 heavy (non-hydrogen) atoms. The molecule has 2 heterocycles. The normalized spacial score (nSPS) is 18.8. The molecule has 0 amide bonds. The van der Waals surface area contributed by atoms with Crippen molar-refractivity contribution in [2.45, 2.75) is 13.3 Å². The van der Waals surface area contributed by atoms with Gasteiger partial charge in [0.15, 0.2) is 5.84 Å². The van der Waals surface area contributed by atoms with Crippen LogP contribution in [0.2, 0.25) is 5.02 Å². The molecule has 0 bridgehead atoms. The monoisotopic (exact) mass is 358 g/mol. The molecule has 2 aliphatic rings. The van der Waals surface area contributed by atoms with Gasteiger partial charge in [-0.15, -0.1) is 4.40 Å². The Labute approximate surface area is 146 Å². The van der Waals surface area contributed by atoms with Crippen molar-refractivity contribution in [3.63, 3.8) is 0 Å². The lowest BCUT2D eigenvalue weighted by atomic mass is 10.1. The molecule has 0 aromatic heterocycles.